The Hall–Kier alpha value is -0.0800. The lowest BCUT2D eigenvalue weighted by molar-refractivity contribution is -0.0554. The Bertz CT molecular complexity index is 193. The Morgan fingerprint density at radius 1 is 1.12 bits per heavy atom. The number of rotatable bonds is 5. The highest BCUT2D eigenvalue weighted by atomic mass is 16.3. The van der Waals surface area contributed by atoms with Crippen molar-refractivity contribution in [1.29, 1.82) is 0 Å². The van der Waals surface area contributed by atoms with Crippen molar-refractivity contribution in [1.82, 2.24) is 4.90 Å². The summed E-state index contributed by atoms with van der Waals surface area (Å²) >= 11 is 0. The van der Waals surface area contributed by atoms with Crippen LogP contribution in [-0.4, -0.2) is 35.7 Å². The first kappa shape index (κ1) is 14.0. The van der Waals surface area contributed by atoms with Crippen LogP contribution in [0.1, 0.15) is 58.8 Å². The molecule has 0 aromatic rings. The van der Waals surface area contributed by atoms with Crippen molar-refractivity contribution in [3.63, 3.8) is 0 Å². The smallest absolute Gasteiger partial charge is 0.0751 e. The third-order valence-electron chi connectivity index (χ3n) is 4.76. The molecule has 0 aromatic heterocycles. The second-order valence-electron chi connectivity index (χ2n) is 5.55. The fraction of sp³-hybridized carbons (Fsp3) is 1.00. The molecule has 0 amide bonds. The van der Waals surface area contributed by atoms with Crippen molar-refractivity contribution in [3.05, 3.63) is 0 Å². The molecular formula is C14H29NO. The van der Waals surface area contributed by atoms with Crippen LogP contribution < -0.4 is 0 Å². The van der Waals surface area contributed by atoms with E-state index in [1.54, 1.807) is 0 Å². The summed E-state index contributed by atoms with van der Waals surface area (Å²) in [5.41, 5.74) is -0.0119. The third-order valence-corrected chi connectivity index (χ3v) is 4.76. The van der Waals surface area contributed by atoms with Crippen LogP contribution >= 0.6 is 0 Å². The van der Waals surface area contributed by atoms with Gasteiger partial charge in [0.15, 0.2) is 0 Å². The van der Waals surface area contributed by atoms with E-state index >= 15 is 0 Å². The van der Waals surface area contributed by atoms with E-state index in [-0.39, 0.29) is 11.6 Å². The maximum absolute atomic E-state index is 10.7. The minimum atomic E-state index is -0.155. The van der Waals surface area contributed by atoms with E-state index in [0.29, 0.717) is 5.92 Å². The summed E-state index contributed by atoms with van der Waals surface area (Å²) in [6.45, 7) is 4.41. The Morgan fingerprint density at radius 3 is 2.00 bits per heavy atom. The lowest BCUT2D eigenvalue weighted by atomic mass is 9.73. The number of nitrogens with zero attached hydrogens (tertiary/aromatic N) is 1. The van der Waals surface area contributed by atoms with Crippen LogP contribution in [0.15, 0.2) is 0 Å². The van der Waals surface area contributed by atoms with Crippen LogP contribution in [0.5, 0.6) is 0 Å². The van der Waals surface area contributed by atoms with E-state index in [1.807, 2.05) is 0 Å². The lowest BCUT2D eigenvalue weighted by Gasteiger charge is -2.46. The molecule has 1 unspecified atom stereocenters. The van der Waals surface area contributed by atoms with Crippen molar-refractivity contribution in [2.75, 3.05) is 14.1 Å². The molecule has 96 valence electrons. The lowest BCUT2D eigenvalue weighted by Crippen LogP contribution is -2.55. The molecule has 2 nitrogen and oxygen atoms in total. The molecule has 1 fully saturated rings. The van der Waals surface area contributed by atoms with Gasteiger partial charge in [-0.2, -0.15) is 0 Å². The number of hydrogen-bond donors (Lipinski definition) is 1. The first-order chi connectivity index (χ1) is 7.58. The van der Waals surface area contributed by atoms with E-state index in [9.17, 15) is 5.11 Å². The molecule has 0 saturated heterocycles. The van der Waals surface area contributed by atoms with Gasteiger partial charge in [0.05, 0.1) is 6.10 Å². The van der Waals surface area contributed by atoms with Crippen LogP contribution in [0.3, 0.4) is 0 Å². The molecular weight excluding hydrogens is 198 g/mol. The van der Waals surface area contributed by atoms with Gasteiger partial charge in [0, 0.05) is 5.54 Å². The molecule has 16 heavy (non-hydrogen) atoms. The molecule has 0 spiro atoms. The van der Waals surface area contributed by atoms with E-state index in [0.717, 1.165) is 12.8 Å². The minimum absolute atomic E-state index is 0.0119. The largest absolute Gasteiger partial charge is 0.391 e. The summed E-state index contributed by atoms with van der Waals surface area (Å²) in [5, 5.41) is 10.7. The maximum atomic E-state index is 10.7. The van der Waals surface area contributed by atoms with Gasteiger partial charge in [-0.1, -0.05) is 33.1 Å². The third kappa shape index (κ3) is 2.60. The summed E-state index contributed by atoms with van der Waals surface area (Å²) in [4.78, 5) is 2.24. The van der Waals surface area contributed by atoms with E-state index in [4.69, 9.17) is 0 Å². The molecule has 0 aromatic carbocycles. The maximum Gasteiger partial charge on any atom is 0.0751 e. The van der Waals surface area contributed by atoms with Gasteiger partial charge in [-0.25, -0.2) is 0 Å². The van der Waals surface area contributed by atoms with Crippen LogP contribution in [0.25, 0.3) is 0 Å². The average Bonchev–Trinajstić information content (AvgIpc) is 2.32. The van der Waals surface area contributed by atoms with E-state index < -0.39 is 0 Å². The molecule has 0 aliphatic heterocycles. The van der Waals surface area contributed by atoms with Gasteiger partial charge in [0.25, 0.3) is 0 Å². The minimum Gasteiger partial charge on any atom is -0.391 e. The van der Waals surface area contributed by atoms with E-state index in [2.05, 4.69) is 32.8 Å². The second kappa shape index (κ2) is 6.02. The van der Waals surface area contributed by atoms with Crippen LogP contribution in [-0.2, 0) is 0 Å². The molecule has 2 heteroatoms. The van der Waals surface area contributed by atoms with Crippen molar-refractivity contribution in [3.8, 4) is 0 Å². The van der Waals surface area contributed by atoms with Gasteiger partial charge in [-0.05, 0) is 45.7 Å². The van der Waals surface area contributed by atoms with Gasteiger partial charge in [0.1, 0.15) is 0 Å². The van der Waals surface area contributed by atoms with Crippen LogP contribution in [0.2, 0.25) is 0 Å². The summed E-state index contributed by atoms with van der Waals surface area (Å²) in [6, 6.07) is 0. The van der Waals surface area contributed by atoms with Crippen LogP contribution in [0.4, 0.5) is 0 Å². The number of aliphatic hydroxyl groups is 1. The molecule has 0 bridgehead atoms. The summed E-state index contributed by atoms with van der Waals surface area (Å²) < 4.78 is 0. The number of likely N-dealkylation sites (N-methyl/N-ethyl adjacent to an activating group) is 1. The molecule has 1 aliphatic carbocycles. The SMILES string of the molecule is CCC(CC)(C(O)C1CCCCC1)N(C)C. The Morgan fingerprint density at radius 2 is 1.62 bits per heavy atom. The fourth-order valence-corrected chi connectivity index (χ4v) is 3.45. The fourth-order valence-electron chi connectivity index (χ4n) is 3.45. The van der Waals surface area contributed by atoms with Crippen molar-refractivity contribution >= 4 is 0 Å². The number of aliphatic hydroxyl groups excluding tert-OH is 1. The molecule has 1 aliphatic rings. The normalized spacial score (nSPS) is 21.4. The Labute approximate surface area is 101 Å². The van der Waals surface area contributed by atoms with Gasteiger partial charge < -0.3 is 10.0 Å². The first-order valence-corrected chi connectivity index (χ1v) is 6.94. The Kier molecular flexibility index (Phi) is 5.26. The predicted molar refractivity (Wildman–Crippen MR) is 69.6 cm³/mol. The van der Waals surface area contributed by atoms with Gasteiger partial charge in [-0.3, -0.25) is 0 Å². The number of hydrogen-bond acceptors (Lipinski definition) is 2. The topological polar surface area (TPSA) is 23.5 Å². The summed E-state index contributed by atoms with van der Waals surface area (Å²) in [5.74, 6) is 0.524. The monoisotopic (exact) mass is 227 g/mol. The second-order valence-corrected chi connectivity index (χ2v) is 5.55. The molecule has 0 heterocycles. The zero-order chi connectivity index (χ0) is 12.2. The molecule has 1 saturated carbocycles. The molecule has 1 N–H and O–H groups in total. The average molecular weight is 227 g/mol. The van der Waals surface area contributed by atoms with E-state index in [1.165, 1.54) is 32.1 Å². The van der Waals surface area contributed by atoms with Crippen molar-refractivity contribution in [2.45, 2.75) is 70.4 Å². The molecule has 1 atom stereocenters. The zero-order valence-corrected chi connectivity index (χ0v) is 11.5. The highest BCUT2D eigenvalue weighted by Gasteiger charge is 2.41. The zero-order valence-electron chi connectivity index (χ0n) is 11.5. The van der Waals surface area contributed by atoms with Gasteiger partial charge in [-0.15, -0.1) is 0 Å². The van der Waals surface area contributed by atoms with Crippen LogP contribution in [0, 0.1) is 5.92 Å². The van der Waals surface area contributed by atoms with Crippen molar-refractivity contribution in [2.24, 2.45) is 5.92 Å². The summed E-state index contributed by atoms with van der Waals surface area (Å²) in [6.07, 6.45) is 8.32. The van der Waals surface area contributed by atoms with Gasteiger partial charge in [0.2, 0.25) is 0 Å². The molecule has 1 rings (SSSR count). The molecule has 0 radical (unpaired) electrons. The standard InChI is InChI=1S/C14H29NO/c1-5-14(6-2,15(3)4)13(16)12-10-8-7-9-11-12/h12-13,16H,5-11H2,1-4H3. The first-order valence-electron chi connectivity index (χ1n) is 6.94. The highest BCUT2D eigenvalue weighted by molar-refractivity contribution is 4.96. The quantitative estimate of drug-likeness (QED) is 0.780. The highest BCUT2D eigenvalue weighted by Crippen LogP contribution is 2.36. The van der Waals surface area contributed by atoms with Gasteiger partial charge >= 0.3 is 0 Å². The predicted octanol–water partition coefficient (Wildman–Crippen LogP) is 3.05. The summed E-state index contributed by atoms with van der Waals surface area (Å²) in [7, 11) is 4.22. The Balaban J connectivity index is 2.76. The van der Waals surface area contributed by atoms with Crippen molar-refractivity contribution < 1.29 is 5.11 Å².